The average molecular weight is 293 g/mol. The smallest absolute Gasteiger partial charge is 0.267 e. The first kappa shape index (κ1) is 14.8. The fourth-order valence-electron chi connectivity index (χ4n) is 1.61. The van der Waals surface area contributed by atoms with Crippen molar-refractivity contribution in [1.29, 1.82) is 10.5 Å². The lowest BCUT2D eigenvalue weighted by atomic mass is 10.2. The average Bonchev–Trinajstić information content (AvgIpc) is 2.94. The fraction of sp³-hybridized carbons (Fsp3) is 0.0667. The van der Waals surface area contributed by atoms with E-state index in [0.29, 0.717) is 22.8 Å². The molecule has 22 heavy (non-hydrogen) atoms. The zero-order valence-corrected chi connectivity index (χ0v) is 11.6. The minimum Gasteiger partial charge on any atom is -0.360 e. The van der Waals surface area contributed by atoms with Crippen molar-refractivity contribution in [2.75, 3.05) is 10.6 Å². The van der Waals surface area contributed by atoms with Crippen molar-refractivity contribution in [3.8, 4) is 12.1 Å². The number of carbonyl (C=O) groups is 1. The van der Waals surface area contributed by atoms with Crippen LogP contribution in [0.25, 0.3) is 0 Å². The summed E-state index contributed by atoms with van der Waals surface area (Å²) in [5.74, 6) is 0.357. The highest BCUT2D eigenvalue weighted by atomic mass is 16.5. The third-order valence-corrected chi connectivity index (χ3v) is 2.65. The molecular formula is C15H11N5O2. The summed E-state index contributed by atoms with van der Waals surface area (Å²) < 4.78 is 4.86. The molecule has 0 unspecified atom stereocenters. The second kappa shape index (κ2) is 6.73. The van der Waals surface area contributed by atoms with Crippen LogP contribution in [0.2, 0.25) is 0 Å². The van der Waals surface area contributed by atoms with Gasteiger partial charge in [0.05, 0.1) is 11.3 Å². The highest BCUT2D eigenvalue weighted by Crippen LogP contribution is 2.15. The van der Waals surface area contributed by atoms with Crippen LogP contribution in [-0.2, 0) is 4.79 Å². The summed E-state index contributed by atoms with van der Waals surface area (Å²) >= 11 is 0. The molecule has 1 heterocycles. The van der Waals surface area contributed by atoms with Gasteiger partial charge in [0.1, 0.15) is 23.5 Å². The lowest BCUT2D eigenvalue weighted by molar-refractivity contribution is -0.112. The number of rotatable bonds is 4. The van der Waals surface area contributed by atoms with Gasteiger partial charge in [-0.15, -0.1) is 0 Å². The highest BCUT2D eigenvalue weighted by Gasteiger charge is 2.11. The first-order valence-corrected chi connectivity index (χ1v) is 6.24. The first-order chi connectivity index (χ1) is 10.6. The number of amides is 1. The molecule has 7 heteroatoms. The van der Waals surface area contributed by atoms with Crippen molar-refractivity contribution in [3.05, 3.63) is 53.4 Å². The standard InChI is InChI=1S/C15H11N5O2/c1-10-6-14(20-22-10)18-9-12(8-17)15(21)19-13-5-3-2-4-11(13)7-16/h2-6,9H,1H3,(H,18,20)(H,19,21)/b12-9-. The van der Waals surface area contributed by atoms with Crippen LogP contribution >= 0.6 is 0 Å². The van der Waals surface area contributed by atoms with E-state index in [1.54, 1.807) is 43.3 Å². The molecule has 0 atom stereocenters. The van der Waals surface area contributed by atoms with Gasteiger partial charge in [0.2, 0.25) is 0 Å². The number of anilines is 2. The lowest BCUT2D eigenvalue weighted by Gasteiger charge is -2.05. The van der Waals surface area contributed by atoms with Gasteiger partial charge >= 0.3 is 0 Å². The molecule has 1 aromatic heterocycles. The van der Waals surface area contributed by atoms with Crippen LogP contribution < -0.4 is 10.6 Å². The molecule has 0 spiro atoms. The maximum atomic E-state index is 12.0. The van der Waals surface area contributed by atoms with E-state index in [-0.39, 0.29) is 5.57 Å². The predicted molar refractivity (Wildman–Crippen MR) is 78.3 cm³/mol. The van der Waals surface area contributed by atoms with Gasteiger partial charge in [-0.1, -0.05) is 17.3 Å². The number of para-hydroxylation sites is 1. The van der Waals surface area contributed by atoms with Gasteiger partial charge in [0.25, 0.3) is 5.91 Å². The predicted octanol–water partition coefficient (Wildman–Crippen LogP) is 2.31. The maximum Gasteiger partial charge on any atom is 0.267 e. The SMILES string of the molecule is Cc1cc(N/C=C(/C#N)C(=O)Nc2ccccc2C#N)no1. The molecule has 0 saturated carbocycles. The molecule has 0 aliphatic heterocycles. The molecule has 2 rings (SSSR count). The number of carbonyl (C=O) groups excluding carboxylic acids is 1. The van der Waals surface area contributed by atoms with E-state index in [1.807, 2.05) is 6.07 Å². The van der Waals surface area contributed by atoms with Gasteiger partial charge in [0, 0.05) is 12.3 Å². The van der Waals surface area contributed by atoms with Crippen molar-refractivity contribution < 1.29 is 9.32 Å². The molecule has 7 nitrogen and oxygen atoms in total. The Kier molecular flexibility index (Phi) is 4.53. The zero-order valence-electron chi connectivity index (χ0n) is 11.6. The van der Waals surface area contributed by atoms with Crippen LogP contribution in [0.3, 0.4) is 0 Å². The van der Waals surface area contributed by atoms with Gasteiger partial charge < -0.3 is 15.2 Å². The van der Waals surface area contributed by atoms with Gasteiger partial charge in [-0.05, 0) is 19.1 Å². The number of nitrogens with one attached hydrogen (secondary N) is 2. The summed E-state index contributed by atoms with van der Waals surface area (Å²) in [7, 11) is 0. The molecule has 108 valence electrons. The van der Waals surface area contributed by atoms with Crippen molar-refractivity contribution in [1.82, 2.24) is 5.16 Å². The fourth-order valence-corrected chi connectivity index (χ4v) is 1.61. The summed E-state index contributed by atoms with van der Waals surface area (Å²) in [6.45, 7) is 1.72. The largest absolute Gasteiger partial charge is 0.360 e. The zero-order chi connectivity index (χ0) is 15.9. The Morgan fingerprint density at radius 3 is 2.77 bits per heavy atom. The lowest BCUT2D eigenvalue weighted by Crippen LogP contribution is -2.15. The van der Waals surface area contributed by atoms with Crippen LogP contribution in [0.15, 0.2) is 46.6 Å². The molecule has 1 amide bonds. The molecule has 2 N–H and O–H groups in total. The monoisotopic (exact) mass is 293 g/mol. The third-order valence-electron chi connectivity index (χ3n) is 2.65. The minimum absolute atomic E-state index is 0.159. The molecule has 1 aromatic carbocycles. The number of nitriles is 2. The Labute approximate surface area is 126 Å². The number of nitrogens with zero attached hydrogens (tertiary/aromatic N) is 3. The molecule has 2 aromatic rings. The van der Waals surface area contributed by atoms with Crippen molar-refractivity contribution >= 4 is 17.4 Å². The van der Waals surface area contributed by atoms with E-state index < -0.39 is 5.91 Å². The Morgan fingerprint density at radius 1 is 1.36 bits per heavy atom. The first-order valence-electron chi connectivity index (χ1n) is 6.24. The molecular weight excluding hydrogens is 282 g/mol. The van der Waals surface area contributed by atoms with Crippen molar-refractivity contribution in [2.24, 2.45) is 0 Å². The van der Waals surface area contributed by atoms with E-state index in [9.17, 15) is 4.79 Å². The van der Waals surface area contributed by atoms with Crippen LogP contribution in [0.5, 0.6) is 0 Å². The number of benzene rings is 1. The summed E-state index contributed by atoms with van der Waals surface area (Å²) in [5.41, 5.74) is 0.495. The third kappa shape index (κ3) is 3.50. The Morgan fingerprint density at radius 2 is 2.14 bits per heavy atom. The Hall–Kier alpha value is -3.58. The van der Waals surface area contributed by atoms with E-state index in [4.69, 9.17) is 15.0 Å². The van der Waals surface area contributed by atoms with Crippen LogP contribution in [0.1, 0.15) is 11.3 Å². The number of aromatic nitrogens is 1. The number of aryl methyl sites for hydroxylation is 1. The maximum absolute atomic E-state index is 12.0. The number of hydrogen-bond donors (Lipinski definition) is 2. The van der Waals surface area contributed by atoms with Crippen LogP contribution in [-0.4, -0.2) is 11.1 Å². The molecule has 0 radical (unpaired) electrons. The van der Waals surface area contributed by atoms with Crippen molar-refractivity contribution in [2.45, 2.75) is 6.92 Å². The van der Waals surface area contributed by atoms with E-state index in [1.165, 1.54) is 6.20 Å². The van der Waals surface area contributed by atoms with Gasteiger partial charge in [-0.3, -0.25) is 4.79 Å². The van der Waals surface area contributed by atoms with Gasteiger partial charge in [0.15, 0.2) is 5.82 Å². The van der Waals surface area contributed by atoms with Crippen LogP contribution in [0, 0.1) is 29.6 Å². The van der Waals surface area contributed by atoms with Gasteiger partial charge in [-0.2, -0.15) is 10.5 Å². The van der Waals surface area contributed by atoms with Gasteiger partial charge in [-0.25, -0.2) is 0 Å². The molecule has 0 aliphatic carbocycles. The van der Waals surface area contributed by atoms with E-state index in [2.05, 4.69) is 15.8 Å². The molecule has 0 fully saturated rings. The Balaban J connectivity index is 2.12. The molecule has 0 saturated heterocycles. The van der Waals surface area contributed by atoms with Crippen LogP contribution in [0.4, 0.5) is 11.5 Å². The highest BCUT2D eigenvalue weighted by molar-refractivity contribution is 6.07. The summed E-state index contributed by atoms with van der Waals surface area (Å²) in [6.07, 6.45) is 1.22. The number of hydrogen-bond acceptors (Lipinski definition) is 6. The van der Waals surface area contributed by atoms with Crippen molar-refractivity contribution in [3.63, 3.8) is 0 Å². The quantitative estimate of drug-likeness (QED) is 0.660. The molecule has 0 bridgehead atoms. The summed E-state index contributed by atoms with van der Waals surface area (Å²) in [6, 6.07) is 11.9. The normalized spacial score (nSPS) is 10.4. The minimum atomic E-state index is -0.627. The second-order valence-electron chi connectivity index (χ2n) is 4.25. The summed E-state index contributed by atoms with van der Waals surface area (Å²) in [5, 5.41) is 26.9. The molecule has 0 aliphatic rings. The topological polar surface area (TPSA) is 115 Å². The van der Waals surface area contributed by atoms with E-state index in [0.717, 1.165) is 0 Å². The second-order valence-corrected chi connectivity index (χ2v) is 4.25. The summed E-state index contributed by atoms with van der Waals surface area (Å²) in [4.78, 5) is 12.0. The Bertz CT molecular complexity index is 808. The van der Waals surface area contributed by atoms with E-state index >= 15 is 0 Å².